The van der Waals surface area contributed by atoms with Crippen molar-refractivity contribution in [2.75, 3.05) is 24.6 Å². The van der Waals surface area contributed by atoms with Gasteiger partial charge in [-0.05, 0) is 5.92 Å². The normalized spacial score (nSPS) is 11.5. The summed E-state index contributed by atoms with van der Waals surface area (Å²) in [5.74, 6) is -2.45. The molecule has 0 aliphatic carbocycles. The minimum atomic E-state index is -3.42. The minimum absolute atomic E-state index is 0.0858. The molecule has 0 spiro atoms. The summed E-state index contributed by atoms with van der Waals surface area (Å²) in [6.45, 7) is 4.89. The van der Waals surface area contributed by atoms with Gasteiger partial charge in [-0.2, -0.15) is 0 Å². The number of sulfone groups is 1. The molecule has 0 saturated heterocycles. The second-order valence-electron chi connectivity index (χ2n) is 4.24. The highest BCUT2D eigenvalue weighted by Gasteiger charge is 2.22. The lowest BCUT2D eigenvalue weighted by molar-refractivity contribution is -0.143. The number of carbonyl (C=O) groups is 2. The maximum atomic E-state index is 11.7. The number of amides is 1. The number of carbonyl (C=O) groups excluding carboxylic acids is 1. The molecule has 0 aromatic heterocycles. The van der Waals surface area contributed by atoms with Crippen LogP contribution in [0.1, 0.15) is 20.8 Å². The van der Waals surface area contributed by atoms with Crippen molar-refractivity contribution in [3.8, 4) is 0 Å². The van der Waals surface area contributed by atoms with Crippen LogP contribution in [0.5, 0.6) is 0 Å². The SMILES string of the molecule is CCS(=O)(=O)CC(=O)N(CC(=O)O)CC(C)C. The fourth-order valence-corrected chi connectivity index (χ4v) is 2.00. The smallest absolute Gasteiger partial charge is 0.323 e. The third-order valence-corrected chi connectivity index (χ3v) is 3.61. The Bertz CT molecular complexity index is 374. The predicted octanol–water partition coefficient (Wildman–Crippen LogP) is -0.00970. The maximum Gasteiger partial charge on any atom is 0.323 e. The van der Waals surface area contributed by atoms with E-state index in [1.807, 2.05) is 13.8 Å². The lowest BCUT2D eigenvalue weighted by Gasteiger charge is -2.22. The lowest BCUT2D eigenvalue weighted by atomic mass is 10.2. The average Bonchev–Trinajstić information content (AvgIpc) is 2.14. The fraction of sp³-hybridized carbons (Fsp3) is 0.800. The zero-order valence-electron chi connectivity index (χ0n) is 10.3. The summed E-state index contributed by atoms with van der Waals surface area (Å²) in [6.07, 6.45) is 0. The Hall–Kier alpha value is -1.11. The van der Waals surface area contributed by atoms with Gasteiger partial charge in [-0.1, -0.05) is 20.8 Å². The van der Waals surface area contributed by atoms with Crippen molar-refractivity contribution in [3.05, 3.63) is 0 Å². The average molecular weight is 265 g/mol. The third kappa shape index (κ3) is 6.93. The monoisotopic (exact) mass is 265 g/mol. The second kappa shape index (κ2) is 6.58. The van der Waals surface area contributed by atoms with Crippen LogP contribution >= 0.6 is 0 Å². The van der Waals surface area contributed by atoms with E-state index in [2.05, 4.69) is 0 Å². The number of hydrogen-bond acceptors (Lipinski definition) is 4. The van der Waals surface area contributed by atoms with Gasteiger partial charge < -0.3 is 10.0 Å². The summed E-state index contributed by atoms with van der Waals surface area (Å²) in [6, 6.07) is 0. The van der Waals surface area contributed by atoms with Crippen LogP contribution < -0.4 is 0 Å². The van der Waals surface area contributed by atoms with Crippen molar-refractivity contribution in [2.24, 2.45) is 5.92 Å². The van der Waals surface area contributed by atoms with Gasteiger partial charge in [0, 0.05) is 12.3 Å². The van der Waals surface area contributed by atoms with Gasteiger partial charge in [-0.15, -0.1) is 0 Å². The van der Waals surface area contributed by atoms with Crippen molar-refractivity contribution >= 4 is 21.7 Å². The first-order valence-electron chi connectivity index (χ1n) is 5.38. The molecule has 100 valence electrons. The summed E-state index contributed by atoms with van der Waals surface area (Å²) < 4.78 is 22.6. The van der Waals surface area contributed by atoms with Crippen LogP contribution in [0.2, 0.25) is 0 Å². The molecule has 0 heterocycles. The summed E-state index contributed by atoms with van der Waals surface area (Å²) in [7, 11) is -3.42. The van der Waals surface area contributed by atoms with Crippen molar-refractivity contribution in [3.63, 3.8) is 0 Å². The molecule has 1 amide bonds. The summed E-state index contributed by atoms with van der Waals surface area (Å²) in [5, 5.41) is 8.66. The highest BCUT2D eigenvalue weighted by atomic mass is 32.2. The van der Waals surface area contributed by atoms with Gasteiger partial charge >= 0.3 is 5.97 Å². The highest BCUT2D eigenvalue weighted by molar-refractivity contribution is 7.92. The molecule has 0 radical (unpaired) electrons. The molecule has 0 unspecified atom stereocenters. The van der Waals surface area contributed by atoms with Crippen LogP contribution in [0.25, 0.3) is 0 Å². The Morgan fingerprint density at radius 2 is 1.82 bits per heavy atom. The summed E-state index contributed by atoms with van der Waals surface area (Å²) in [5.41, 5.74) is 0. The van der Waals surface area contributed by atoms with Gasteiger partial charge in [0.1, 0.15) is 12.3 Å². The Labute approximate surface area is 102 Å². The van der Waals surface area contributed by atoms with Crippen molar-refractivity contribution < 1.29 is 23.1 Å². The van der Waals surface area contributed by atoms with Crippen molar-refractivity contribution in [1.82, 2.24) is 4.90 Å². The first-order valence-corrected chi connectivity index (χ1v) is 7.20. The Morgan fingerprint density at radius 3 is 2.18 bits per heavy atom. The summed E-state index contributed by atoms with van der Waals surface area (Å²) >= 11 is 0. The van der Waals surface area contributed by atoms with Crippen LogP contribution in [0, 0.1) is 5.92 Å². The van der Waals surface area contributed by atoms with Gasteiger partial charge in [0.2, 0.25) is 5.91 Å². The number of hydrogen-bond donors (Lipinski definition) is 1. The largest absolute Gasteiger partial charge is 0.480 e. The van der Waals surface area contributed by atoms with E-state index in [9.17, 15) is 18.0 Å². The topological polar surface area (TPSA) is 91.8 Å². The quantitative estimate of drug-likeness (QED) is 0.699. The van der Waals surface area contributed by atoms with Crippen LogP contribution in [-0.2, 0) is 19.4 Å². The van der Waals surface area contributed by atoms with E-state index < -0.39 is 34.0 Å². The standard InChI is InChI=1S/C10H19NO5S/c1-4-17(15,16)7-9(12)11(5-8(2)3)6-10(13)14/h8H,4-7H2,1-3H3,(H,13,14). The van der Waals surface area contributed by atoms with Gasteiger partial charge in [0.05, 0.1) is 0 Å². The molecular formula is C10H19NO5S. The Morgan fingerprint density at radius 1 is 1.29 bits per heavy atom. The Balaban J connectivity index is 4.69. The molecule has 6 nitrogen and oxygen atoms in total. The molecule has 0 aliphatic rings. The van der Waals surface area contributed by atoms with Gasteiger partial charge in [0.25, 0.3) is 0 Å². The number of carboxylic acids is 1. The molecular weight excluding hydrogens is 246 g/mol. The molecule has 0 fully saturated rings. The highest BCUT2D eigenvalue weighted by Crippen LogP contribution is 2.02. The molecule has 1 N–H and O–H groups in total. The maximum absolute atomic E-state index is 11.7. The van der Waals surface area contributed by atoms with Crippen LogP contribution in [-0.4, -0.2) is 54.9 Å². The van der Waals surface area contributed by atoms with E-state index in [1.54, 1.807) is 0 Å². The van der Waals surface area contributed by atoms with Crippen LogP contribution in [0.15, 0.2) is 0 Å². The van der Waals surface area contributed by atoms with E-state index in [0.717, 1.165) is 4.90 Å². The Kier molecular flexibility index (Phi) is 6.15. The van der Waals surface area contributed by atoms with Gasteiger partial charge in [0.15, 0.2) is 9.84 Å². The molecule has 0 rings (SSSR count). The van der Waals surface area contributed by atoms with Crippen molar-refractivity contribution in [1.29, 1.82) is 0 Å². The van der Waals surface area contributed by atoms with Crippen LogP contribution in [0.3, 0.4) is 0 Å². The van der Waals surface area contributed by atoms with Gasteiger partial charge in [-0.3, -0.25) is 9.59 Å². The molecule has 0 aromatic carbocycles. The number of aliphatic carboxylic acids is 1. The molecule has 0 aromatic rings. The predicted molar refractivity (Wildman–Crippen MR) is 63.4 cm³/mol. The minimum Gasteiger partial charge on any atom is -0.480 e. The second-order valence-corrected chi connectivity index (χ2v) is 6.59. The van der Waals surface area contributed by atoms with E-state index in [0.29, 0.717) is 0 Å². The van der Waals surface area contributed by atoms with E-state index >= 15 is 0 Å². The first-order chi connectivity index (χ1) is 7.68. The van der Waals surface area contributed by atoms with E-state index in [4.69, 9.17) is 5.11 Å². The zero-order chi connectivity index (χ0) is 13.6. The van der Waals surface area contributed by atoms with Crippen LogP contribution in [0.4, 0.5) is 0 Å². The first kappa shape index (κ1) is 15.9. The number of nitrogens with zero attached hydrogens (tertiary/aromatic N) is 1. The fourth-order valence-electron chi connectivity index (χ4n) is 1.24. The number of rotatable bonds is 7. The van der Waals surface area contributed by atoms with E-state index in [1.165, 1.54) is 6.92 Å². The zero-order valence-corrected chi connectivity index (χ0v) is 11.2. The van der Waals surface area contributed by atoms with E-state index in [-0.39, 0.29) is 18.2 Å². The lowest BCUT2D eigenvalue weighted by Crippen LogP contribution is -2.41. The van der Waals surface area contributed by atoms with Crippen molar-refractivity contribution in [2.45, 2.75) is 20.8 Å². The third-order valence-electron chi connectivity index (χ3n) is 2.05. The molecule has 0 saturated carbocycles. The molecule has 0 bridgehead atoms. The molecule has 7 heteroatoms. The van der Waals surface area contributed by atoms with Gasteiger partial charge in [-0.25, -0.2) is 8.42 Å². The number of carboxylic acid groups (broad SMARTS) is 1. The summed E-state index contributed by atoms with van der Waals surface area (Å²) in [4.78, 5) is 23.3. The molecule has 0 atom stereocenters. The molecule has 0 aliphatic heterocycles. The molecule has 17 heavy (non-hydrogen) atoms.